The number of halogens is 4. The summed E-state index contributed by atoms with van der Waals surface area (Å²) in [5.74, 6) is -3.88. The van der Waals surface area contributed by atoms with E-state index in [-0.39, 0.29) is 35.5 Å². The number of para-hydroxylation sites is 1. The van der Waals surface area contributed by atoms with Crippen molar-refractivity contribution in [1.29, 1.82) is 0 Å². The molecular formula is C22H16Cl2F2N2O2. The van der Waals surface area contributed by atoms with Crippen molar-refractivity contribution in [2.24, 2.45) is 0 Å². The predicted octanol–water partition coefficient (Wildman–Crippen LogP) is 7.19. The molecule has 0 bridgehead atoms. The van der Waals surface area contributed by atoms with Crippen molar-refractivity contribution < 1.29 is 18.7 Å². The number of hydrogen-bond donors (Lipinski definition) is 2. The molecule has 0 fully saturated rings. The molecular weight excluding hydrogens is 433 g/mol. The number of aromatic carboxylic acids is 1. The van der Waals surface area contributed by atoms with E-state index < -0.39 is 11.9 Å². The Morgan fingerprint density at radius 3 is 2.67 bits per heavy atom. The summed E-state index contributed by atoms with van der Waals surface area (Å²) >= 11 is 12.5. The Labute approximate surface area is 181 Å². The summed E-state index contributed by atoms with van der Waals surface area (Å²) in [6, 6.07) is 9.69. The van der Waals surface area contributed by atoms with Crippen LogP contribution in [0.15, 0.2) is 48.7 Å². The molecule has 0 aliphatic heterocycles. The third-order valence-electron chi connectivity index (χ3n) is 5.08. The Kier molecular flexibility index (Phi) is 5.38. The number of carboxylic acid groups (broad SMARTS) is 1. The van der Waals surface area contributed by atoms with Crippen LogP contribution in [0, 0.1) is 0 Å². The molecule has 0 atom stereocenters. The Balaban J connectivity index is 1.93. The van der Waals surface area contributed by atoms with E-state index in [0.717, 1.165) is 0 Å². The fraction of sp³-hybridized carbons (Fsp3) is 0.182. The highest BCUT2D eigenvalue weighted by Crippen LogP contribution is 2.42. The van der Waals surface area contributed by atoms with Gasteiger partial charge in [0.1, 0.15) is 0 Å². The Hall–Kier alpha value is -2.70. The van der Waals surface area contributed by atoms with E-state index in [1.54, 1.807) is 36.5 Å². The highest BCUT2D eigenvalue weighted by molar-refractivity contribution is 6.34. The lowest BCUT2D eigenvalue weighted by Gasteiger charge is -2.24. The number of hydrogen-bond acceptors (Lipinski definition) is 3. The van der Waals surface area contributed by atoms with Crippen LogP contribution in [0.2, 0.25) is 10.0 Å². The van der Waals surface area contributed by atoms with Gasteiger partial charge in [-0.2, -0.15) is 0 Å². The number of nitrogens with one attached hydrogen (secondary N) is 1. The molecule has 0 radical (unpaired) electrons. The van der Waals surface area contributed by atoms with Crippen LogP contribution in [-0.2, 0) is 0 Å². The minimum atomic E-state index is -2.73. The molecule has 0 unspecified atom stereocenters. The number of allylic oxidation sites excluding steroid dienone is 2. The molecule has 2 N–H and O–H groups in total. The summed E-state index contributed by atoms with van der Waals surface area (Å²) in [6.45, 7) is 0. The van der Waals surface area contributed by atoms with Gasteiger partial charge in [-0.15, -0.1) is 0 Å². The van der Waals surface area contributed by atoms with Crippen molar-refractivity contribution in [2.45, 2.75) is 25.2 Å². The summed E-state index contributed by atoms with van der Waals surface area (Å²) < 4.78 is 27.3. The van der Waals surface area contributed by atoms with Gasteiger partial charge in [0.25, 0.3) is 5.92 Å². The van der Waals surface area contributed by atoms with Gasteiger partial charge in [0.05, 0.1) is 27.5 Å². The first-order valence-corrected chi connectivity index (χ1v) is 9.95. The second-order valence-corrected chi connectivity index (χ2v) is 7.93. The van der Waals surface area contributed by atoms with Gasteiger partial charge >= 0.3 is 5.97 Å². The minimum Gasteiger partial charge on any atom is -0.478 e. The molecule has 154 valence electrons. The van der Waals surface area contributed by atoms with E-state index in [0.29, 0.717) is 32.7 Å². The van der Waals surface area contributed by atoms with Crippen molar-refractivity contribution >= 4 is 57.0 Å². The maximum Gasteiger partial charge on any atom is 0.337 e. The molecule has 0 spiro atoms. The molecule has 0 amide bonds. The zero-order chi connectivity index (χ0) is 21.5. The smallest absolute Gasteiger partial charge is 0.337 e. The van der Waals surface area contributed by atoms with E-state index in [2.05, 4.69) is 10.3 Å². The van der Waals surface area contributed by atoms with Crippen LogP contribution in [0.3, 0.4) is 0 Å². The maximum atomic E-state index is 13.7. The second kappa shape index (κ2) is 7.85. The number of carboxylic acids is 1. The number of rotatable bonds is 4. The molecule has 4 rings (SSSR count). The minimum absolute atomic E-state index is 0.00963. The number of benzene rings is 2. The highest BCUT2D eigenvalue weighted by atomic mass is 35.5. The summed E-state index contributed by atoms with van der Waals surface area (Å²) in [4.78, 5) is 16.2. The SMILES string of the molecule is O=C(O)c1cccc(Cl)c1Nc1c(C2=CCC(F)(F)CC2)cnc2ccc(Cl)cc12. The van der Waals surface area contributed by atoms with Gasteiger partial charge in [0.15, 0.2) is 0 Å². The highest BCUT2D eigenvalue weighted by Gasteiger charge is 2.32. The second-order valence-electron chi connectivity index (χ2n) is 7.09. The molecule has 8 heteroatoms. The van der Waals surface area contributed by atoms with Gasteiger partial charge < -0.3 is 10.4 Å². The molecule has 0 saturated carbocycles. The van der Waals surface area contributed by atoms with Crippen LogP contribution in [0.1, 0.15) is 35.2 Å². The standard InChI is InChI=1S/C22H16Cl2F2N2O2/c23-13-4-5-18-15(10-13)19(28-20-14(21(29)30)2-1-3-17(20)24)16(11-27-18)12-6-8-22(25,26)9-7-12/h1-6,10-11H,7-9H2,(H,27,28)(H,29,30). The number of fused-ring (bicyclic) bond motifs is 1. The predicted molar refractivity (Wildman–Crippen MR) is 115 cm³/mol. The normalized spacial score (nSPS) is 15.7. The average molecular weight is 449 g/mol. The molecule has 1 heterocycles. The summed E-state index contributed by atoms with van der Waals surface area (Å²) in [5.41, 5.74) is 2.66. The van der Waals surface area contributed by atoms with Crippen molar-refractivity contribution in [1.82, 2.24) is 4.98 Å². The van der Waals surface area contributed by atoms with E-state index in [1.807, 2.05) is 0 Å². The van der Waals surface area contributed by atoms with Crippen molar-refractivity contribution in [3.05, 3.63) is 69.8 Å². The summed E-state index contributed by atoms with van der Waals surface area (Å²) in [7, 11) is 0. The number of aromatic nitrogens is 1. The third-order valence-corrected chi connectivity index (χ3v) is 5.63. The van der Waals surface area contributed by atoms with E-state index in [1.165, 1.54) is 12.1 Å². The number of pyridine rings is 1. The molecule has 3 aromatic rings. The number of anilines is 2. The maximum absolute atomic E-state index is 13.7. The van der Waals surface area contributed by atoms with Gasteiger partial charge in [-0.3, -0.25) is 4.98 Å². The summed E-state index contributed by atoms with van der Waals surface area (Å²) in [5, 5.41) is 14.0. The van der Waals surface area contributed by atoms with E-state index >= 15 is 0 Å². The average Bonchev–Trinajstić information content (AvgIpc) is 2.69. The molecule has 1 aliphatic rings. The van der Waals surface area contributed by atoms with E-state index in [9.17, 15) is 18.7 Å². The zero-order valence-corrected chi connectivity index (χ0v) is 17.1. The Bertz CT molecular complexity index is 1200. The molecule has 1 aliphatic carbocycles. The van der Waals surface area contributed by atoms with Crippen LogP contribution in [0.25, 0.3) is 16.5 Å². The molecule has 2 aromatic carbocycles. The first-order valence-electron chi connectivity index (χ1n) is 9.19. The molecule has 4 nitrogen and oxygen atoms in total. The van der Waals surface area contributed by atoms with E-state index in [4.69, 9.17) is 23.2 Å². The van der Waals surface area contributed by atoms with Crippen LogP contribution in [0.4, 0.5) is 20.2 Å². The zero-order valence-electron chi connectivity index (χ0n) is 15.6. The van der Waals surface area contributed by atoms with Gasteiger partial charge in [-0.25, -0.2) is 13.6 Å². The number of carbonyl (C=O) groups is 1. The lowest BCUT2D eigenvalue weighted by Crippen LogP contribution is -2.18. The quantitative estimate of drug-likeness (QED) is 0.443. The van der Waals surface area contributed by atoms with Crippen molar-refractivity contribution in [2.75, 3.05) is 5.32 Å². The van der Waals surface area contributed by atoms with Crippen molar-refractivity contribution in [3.8, 4) is 0 Å². The van der Waals surface area contributed by atoms with Crippen LogP contribution in [-0.4, -0.2) is 22.0 Å². The molecule has 1 aromatic heterocycles. The Morgan fingerprint density at radius 2 is 1.97 bits per heavy atom. The fourth-order valence-electron chi connectivity index (χ4n) is 3.54. The van der Waals surface area contributed by atoms with Crippen LogP contribution >= 0.6 is 23.2 Å². The summed E-state index contributed by atoms with van der Waals surface area (Å²) in [6.07, 6.45) is 2.65. The topological polar surface area (TPSA) is 62.2 Å². The lowest BCUT2D eigenvalue weighted by molar-refractivity contribution is -0.00603. The van der Waals surface area contributed by atoms with Gasteiger partial charge in [0, 0.05) is 35.0 Å². The number of nitrogens with zero attached hydrogens (tertiary/aromatic N) is 1. The van der Waals surface area contributed by atoms with Gasteiger partial charge in [-0.05, 0) is 42.3 Å². The van der Waals surface area contributed by atoms with Crippen molar-refractivity contribution in [3.63, 3.8) is 0 Å². The molecule has 30 heavy (non-hydrogen) atoms. The number of alkyl halides is 2. The lowest BCUT2D eigenvalue weighted by atomic mass is 9.90. The largest absolute Gasteiger partial charge is 0.478 e. The first-order chi connectivity index (χ1) is 14.2. The molecule has 0 saturated heterocycles. The monoisotopic (exact) mass is 448 g/mol. The van der Waals surface area contributed by atoms with Crippen LogP contribution < -0.4 is 5.32 Å². The van der Waals surface area contributed by atoms with Crippen LogP contribution in [0.5, 0.6) is 0 Å². The Morgan fingerprint density at radius 1 is 1.17 bits per heavy atom. The van der Waals surface area contributed by atoms with Gasteiger partial charge in [-0.1, -0.05) is 35.3 Å². The van der Waals surface area contributed by atoms with Gasteiger partial charge in [0.2, 0.25) is 0 Å². The fourth-order valence-corrected chi connectivity index (χ4v) is 3.93. The first kappa shape index (κ1) is 20.6. The third kappa shape index (κ3) is 3.98.